The number of nitrogens with two attached hydrogens (primary N) is 2. The van der Waals surface area contributed by atoms with Crippen molar-refractivity contribution in [2.75, 3.05) is 24.1 Å². The van der Waals surface area contributed by atoms with Crippen molar-refractivity contribution in [1.82, 2.24) is 0 Å². The largest absolute Gasteiger partial charge is 0.457 e. The van der Waals surface area contributed by atoms with Crippen LogP contribution in [0.5, 0.6) is 23.0 Å². The molecule has 13 heteroatoms. The van der Waals surface area contributed by atoms with Gasteiger partial charge in [-0.05, 0) is 72.8 Å². The second kappa shape index (κ2) is 11.9. The monoisotopic (exact) mass is 607 g/mol. The standard InChI is InChI=1S/C29H26F5N3O4S/c1-28(30,31)18-13-21(37-11-10-35)17-25(14-18)41-23-4-8-27(9-5-23)42(38,39)26-6-2-22(3-7-26)40-24-15-19(29(32,33)34)12-20(36)16-24/h2-9,12-17,37H,10-11,35-36H2,1H3. The van der Waals surface area contributed by atoms with Gasteiger partial charge in [-0.3, -0.25) is 0 Å². The Morgan fingerprint density at radius 2 is 1.21 bits per heavy atom. The van der Waals surface area contributed by atoms with Crippen LogP contribution >= 0.6 is 0 Å². The second-order valence-corrected chi connectivity index (χ2v) is 11.2. The first-order chi connectivity index (χ1) is 19.6. The Morgan fingerprint density at radius 1 is 0.714 bits per heavy atom. The van der Waals surface area contributed by atoms with Crippen LogP contribution in [0.15, 0.2) is 94.7 Å². The van der Waals surface area contributed by atoms with Crippen molar-refractivity contribution < 1.29 is 39.8 Å². The molecule has 0 aliphatic heterocycles. The van der Waals surface area contributed by atoms with E-state index in [1.54, 1.807) is 0 Å². The first kappa shape index (κ1) is 30.6. The molecule has 222 valence electrons. The highest BCUT2D eigenvalue weighted by atomic mass is 32.2. The lowest BCUT2D eigenvalue weighted by Gasteiger charge is -2.16. The lowest BCUT2D eigenvalue weighted by Crippen LogP contribution is -2.14. The summed E-state index contributed by atoms with van der Waals surface area (Å²) in [4.78, 5) is -0.172. The van der Waals surface area contributed by atoms with Crippen molar-refractivity contribution in [3.05, 3.63) is 96.1 Å². The zero-order valence-electron chi connectivity index (χ0n) is 22.1. The van der Waals surface area contributed by atoms with Crippen LogP contribution in [0.2, 0.25) is 0 Å². The summed E-state index contributed by atoms with van der Waals surface area (Å²) < 4.78 is 105. The molecule has 0 fully saturated rings. The summed E-state index contributed by atoms with van der Waals surface area (Å²) in [7, 11) is -3.99. The summed E-state index contributed by atoms with van der Waals surface area (Å²) >= 11 is 0. The van der Waals surface area contributed by atoms with E-state index in [2.05, 4.69) is 5.32 Å². The molecule has 5 N–H and O–H groups in total. The third-order valence-electron chi connectivity index (χ3n) is 5.88. The van der Waals surface area contributed by atoms with Crippen LogP contribution in [-0.2, 0) is 21.9 Å². The zero-order valence-corrected chi connectivity index (χ0v) is 22.9. The highest BCUT2D eigenvalue weighted by Gasteiger charge is 2.31. The van der Waals surface area contributed by atoms with Gasteiger partial charge in [0.25, 0.3) is 5.92 Å². The van der Waals surface area contributed by atoms with Crippen LogP contribution in [0.25, 0.3) is 0 Å². The van der Waals surface area contributed by atoms with Crippen LogP contribution in [0.1, 0.15) is 18.1 Å². The first-order valence-electron chi connectivity index (χ1n) is 12.4. The van der Waals surface area contributed by atoms with E-state index >= 15 is 0 Å². The topological polar surface area (TPSA) is 117 Å². The van der Waals surface area contributed by atoms with Gasteiger partial charge in [-0.15, -0.1) is 0 Å². The Morgan fingerprint density at radius 3 is 1.69 bits per heavy atom. The molecule has 42 heavy (non-hydrogen) atoms. The Labute approximate surface area is 238 Å². The molecular formula is C29H26F5N3O4S. The molecule has 0 aliphatic rings. The van der Waals surface area contributed by atoms with E-state index in [1.807, 2.05) is 0 Å². The van der Waals surface area contributed by atoms with Gasteiger partial charge in [0.05, 0.1) is 15.4 Å². The lowest BCUT2D eigenvalue weighted by molar-refractivity contribution is -0.137. The molecule has 7 nitrogen and oxygen atoms in total. The number of benzene rings is 4. The van der Waals surface area contributed by atoms with Gasteiger partial charge in [-0.25, -0.2) is 17.2 Å². The lowest BCUT2D eigenvalue weighted by atomic mass is 10.1. The molecule has 0 aliphatic carbocycles. The van der Waals surface area contributed by atoms with Gasteiger partial charge >= 0.3 is 6.18 Å². The Balaban J connectivity index is 1.50. The minimum atomic E-state index is -4.62. The van der Waals surface area contributed by atoms with E-state index in [1.165, 1.54) is 72.8 Å². The molecular weight excluding hydrogens is 581 g/mol. The summed E-state index contributed by atoms with van der Waals surface area (Å²) in [5.41, 5.74) is 10.0. The minimum absolute atomic E-state index is 0.0756. The number of nitrogen functional groups attached to an aromatic ring is 1. The van der Waals surface area contributed by atoms with E-state index < -0.39 is 27.5 Å². The predicted octanol–water partition coefficient (Wildman–Crippen LogP) is 7.19. The molecule has 0 saturated carbocycles. The average molecular weight is 608 g/mol. The Bertz CT molecular complexity index is 1660. The van der Waals surface area contributed by atoms with Crippen molar-refractivity contribution in [3.63, 3.8) is 0 Å². The first-order valence-corrected chi connectivity index (χ1v) is 13.9. The molecule has 0 saturated heterocycles. The van der Waals surface area contributed by atoms with Crippen molar-refractivity contribution in [2.24, 2.45) is 5.73 Å². The maximum absolute atomic E-state index is 14.0. The summed E-state index contributed by atoms with van der Waals surface area (Å²) in [6, 6.07) is 17.2. The van der Waals surface area contributed by atoms with Gasteiger partial charge in [-0.2, -0.15) is 13.2 Å². The quantitative estimate of drug-likeness (QED) is 0.129. The smallest absolute Gasteiger partial charge is 0.416 e. The maximum Gasteiger partial charge on any atom is 0.416 e. The number of rotatable bonds is 10. The third kappa shape index (κ3) is 7.47. The number of ether oxygens (including phenoxy) is 2. The molecule has 0 radical (unpaired) electrons. The zero-order chi connectivity index (χ0) is 30.7. The van der Waals surface area contributed by atoms with Crippen LogP contribution in [-0.4, -0.2) is 21.5 Å². The normalized spacial score (nSPS) is 12.2. The van der Waals surface area contributed by atoms with Crippen molar-refractivity contribution in [1.29, 1.82) is 0 Å². The summed E-state index contributed by atoms with van der Waals surface area (Å²) in [6.45, 7) is 1.41. The Kier molecular flexibility index (Phi) is 8.64. The number of hydrogen-bond donors (Lipinski definition) is 3. The molecule has 0 bridgehead atoms. The van der Waals surface area contributed by atoms with Gasteiger partial charge in [0.15, 0.2) is 0 Å². The number of nitrogens with one attached hydrogen (secondary N) is 1. The molecule has 0 amide bonds. The molecule has 0 spiro atoms. The number of anilines is 2. The fourth-order valence-corrected chi connectivity index (χ4v) is 5.12. The molecule has 4 aromatic rings. The predicted molar refractivity (Wildman–Crippen MR) is 148 cm³/mol. The summed E-state index contributed by atoms with van der Waals surface area (Å²) in [5.74, 6) is -2.88. The maximum atomic E-state index is 14.0. The van der Waals surface area contributed by atoms with E-state index in [9.17, 15) is 30.4 Å². The van der Waals surface area contributed by atoms with Gasteiger partial charge in [0.2, 0.25) is 9.84 Å². The fraction of sp³-hybridized carbons (Fsp3) is 0.172. The van der Waals surface area contributed by atoms with Crippen LogP contribution < -0.4 is 26.3 Å². The van der Waals surface area contributed by atoms with E-state index in [0.717, 1.165) is 19.1 Å². The highest BCUT2D eigenvalue weighted by molar-refractivity contribution is 7.91. The molecule has 0 heterocycles. The summed E-state index contributed by atoms with van der Waals surface area (Å²) in [6.07, 6.45) is -4.62. The number of hydrogen-bond acceptors (Lipinski definition) is 7. The van der Waals surface area contributed by atoms with Crippen molar-refractivity contribution in [2.45, 2.75) is 28.8 Å². The second-order valence-electron chi connectivity index (χ2n) is 9.29. The molecule has 0 unspecified atom stereocenters. The highest BCUT2D eigenvalue weighted by Crippen LogP contribution is 2.36. The van der Waals surface area contributed by atoms with Gasteiger partial charge in [-0.1, -0.05) is 0 Å². The third-order valence-corrected chi connectivity index (χ3v) is 7.67. The average Bonchev–Trinajstić information content (AvgIpc) is 2.91. The summed E-state index contributed by atoms with van der Waals surface area (Å²) in [5, 5.41) is 2.93. The van der Waals surface area contributed by atoms with E-state index in [-0.39, 0.29) is 44.0 Å². The van der Waals surface area contributed by atoms with Gasteiger partial charge in [0.1, 0.15) is 23.0 Å². The van der Waals surface area contributed by atoms with Crippen LogP contribution in [0.3, 0.4) is 0 Å². The van der Waals surface area contributed by atoms with Crippen LogP contribution in [0, 0.1) is 0 Å². The molecule has 4 rings (SSSR count). The molecule has 0 aromatic heterocycles. The minimum Gasteiger partial charge on any atom is -0.457 e. The number of alkyl halides is 5. The van der Waals surface area contributed by atoms with E-state index in [0.29, 0.717) is 18.8 Å². The van der Waals surface area contributed by atoms with E-state index in [4.69, 9.17) is 20.9 Å². The van der Waals surface area contributed by atoms with Crippen molar-refractivity contribution >= 4 is 21.2 Å². The SMILES string of the molecule is CC(F)(F)c1cc(NCCN)cc(Oc2ccc(S(=O)(=O)c3ccc(Oc4cc(N)cc(C(F)(F)F)c4)cc3)cc2)c1. The fourth-order valence-electron chi connectivity index (χ4n) is 3.86. The van der Waals surface area contributed by atoms with Gasteiger partial charge < -0.3 is 26.3 Å². The van der Waals surface area contributed by atoms with Crippen LogP contribution in [0.4, 0.5) is 33.3 Å². The number of halogens is 5. The van der Waals surface area contributed by atoms with Gasteiger partial charge in [0, 0.05) is 49.1 Å². The molecule has 0 atom stereocenters. The van der Waals surface area contributed by atoms with Crippen molar-refractivity contribution in [3.8, 4) is 23.0 Å². The number of sulfone groups is 1. The molecule has 4 aromatic carbocycles. The Hall–Kier alpha value is -4.36.